The Morgan fingerprint density at radius 2 is 1.74 bits per heavy atom. The number of hydrogen-bond acceptors (Lipinski definition) is 7. The maximum atomic E-state index is 10.2. The number of likely N-dealkylation sites (tertiary alicyclic amines) is 1. The molecule has 2 fully saturated rings. The summed E-state index contributed by atoms with van der Waals surface area (Å²) in [7, 11) is 2.90. The zero-order chi connectivity index (χ0) is 19.3. The molecule has 0 amide bonds. The minimum absolute atomic E-state index is 0.159. The van der Waals surface area contributed by atoms with Crippen molar-refractivity contribution in [3.05, 3.63) is 35.9 Å². The van der Waals surface area contributed by atoms with E-state index in [4.69, 9.17) is 15.2 Å². The second-order valence-corrected chi connectivity index (χ2v) is 7.55. The maximum Gasteiger partial charge on any atom is 0.292 e. The van der Waals surface area contributed by atoms with Gasteiger partial charge in [-0.3, -0.25) is 4.90 Å². The van der Waals surface area contributed by atoms with Crippen LogP contribution in [-0.2, 0) is 16.0 Å². The highest BCUT2D eigenvalue weighted by Gasteiger charge is 3.00. The van der Waals surface area contributed by atoms with E-state index in [9.17, 15) is 10.5 Å². The fraction of sp³-hybridized carbons (Fsp3) is 0.550. The van der Waals surface area contributed by atoms with E-state index in [1.165, 1.54) is 19.8 Å². The van der Waals surface area contributed by atoms with Crippen LogP contribution in [0.1, 0.15) is 18.4 Å². The van der Waals surface area contributed by atoms with Crippen LogP contribution >= 0.6 is 0 Å². The van der Waals surface area contributed by atoms with Gasteiger partial charge in [0.2, 0.25) is 0 Å². The first-order valence-electron chi connectivity index (χ1n) is 9.08. The topological polar surface area (TPSA) is 108 Å². The molecule has 27 heavy (non-hydrogen) atoms. The first kappa shape index (κ1) is 17.9. The molecule has 7 nitrogen and oxygen atoms in total. The molecule has 1 saturated heterocycles. The molecule has 1 spiro atoms. The van der Waals surface area contributed by atoms with E-state index >= 15 is 0 Å². The Kier molecular flexibility index (Phi) is 3.83. The fourth-order valence-corrected chi connectivity index (χ4v) is 5.67. The molecule has 4 rings (SSSR count). The molecule has 1 saturated carbocycles. The Morgan fingerprint density at radius 1 is 1.11 bits per heavy atom. The lowest BCUT2D eigenvalue weighted by Crippen LogP contribution is -2.47. The lowest BCUT2D eigenvalue weighted by Gasteiger charge is -2.38. The predicted octanol–water partition coefficient (Wildman–Crippen LogP) is 1.62. The van der Waals surface area contributed by atoms with Crippen LogP contribution in [0.2, 0.25) is 0 Å². The van der Waals surface area contributed by atoms with Gasteiger partial charge in [-0.05, 0) is 31.5 Å². The first-order chi connectivity index (χ1) is 13.0. The molecule has 0 aromatic heterocycles. The van der Waals surface area contributed by atoms with Crippen LogP contribution in [0.25, 0.3) is 0 Å². The normalized spacial score (nSPS) is 33.0. The summed E-state index contributed by atoms with van der Waals surface area (Å²) in [6.07, 6.45) is 1.34. The van der Waals surface area contributed by atoms with E-state index in [2.05, 4.69) is 34.2 Å². The molecule has 1 aromatic carbocycles. The third kappa shape index (κ3) is 1.77. The molecule has 140 valence electrons. The van der Waals surface area contributed by atoms with E-state index in [1.807, 2.05) is 18.2 Å². The van der Waals surface area contributed by atoms with Gasteiger partial charge in [0.1, 0.15) is 11.3 Å². The van der Waals surface area contributed by atoms with Gasteiger partial charge >= 0.3 is 0 Å². The standard InChI is InChI=1S/C20H23N5O2/c1-26-20(27-2)19(14-22)17(18(19,13-21)16(23)24-20)8-10-25(11-9-17)12-15-6-4-3-5-7-15/h3-7H,8-12H2,1-2H3,(H2,23,24). The van der Waals surface area contributed by atoms with Gasteiger partial charge in [0.15, 0.2) is 5.41 Å². The molecule has 2 unspecified atom stereocenters. The van der Waals surface area contributed by atoms with E-state index in [1.54, 1.807) is 0 Å². The molecule has 0 radical (unpaired) electrons. The Labute approximate surface area is 159 Å². The number of rotatable bonds is 4. The number of amidine groups is 1. The second-order valence-electron chi connectivity index (χ2n) is 7.55. The minimum Gasteiger partial charge on any atom is -0.386 e. The average Bonchev–Trinajstić information content (AvgIpc) is 3.13. The van der Waals surface area contributed by atoms with Crippen LogP contribution in [0.4, 0.5) is 0 Å². The molecule has 0 bridgehead atoms. The maximum absolute atomic E-state index is 10.2. The number of methoxy groups -OCH3 is 2. The Bertz CT molecular complexity index is 859. The van der Waals surface area contributed by atoms with Gasteiger partial charge in [-0.15, -0.1) is 0 Å². The number of fused-ring (bicyclic) bond motifs is 3. The van der Waals surface area contributed by atoms with Gasteiger partial charge in [-0.2, -0.15) is 10.5 Å². The average molecular weight is 365 g/mol. The summed E-state index contributed by atoms with van der Waals surface area (Å²) in [6, 6.07) is 15.0. The van der Waals surface area contributed by atoms with Crippen molar-refractivity contribution in [2.45, 2.75) is 25.3 Å². The van der Waals surface area contributed by atoms with E-state index in [0.29, 0.717) is 12.8 Å². The van der Waals surface area contributed by atoms with Crippen molar-refractivity contribution in [2.75, 3.05) is 27.3 Å². The molecular weight excluding hydrogens is 342 g/mol. The van der Waals surface area contributed by atoms with Crippen LogP contribution in [0.3, 0.4) is 0 Å². The highest BCUT2D eigenvalue weighted by atomic mass is 16.7. The summed E-state index contributed by atoms with van der Waals surface area (Å²) in [5.41, 5.74) is 4.50. The minimum atomic E-state index is -1.52. The number of benzene rings is 1. The molecule has 3 aliphatic rings. The van der Waals surface area contributed by atoms with Crippen LogP contribution < -0.4 is 5.73 Å². The third-order valence-corrected chi connectivity index (χ3v) is 6.91. The second kappa shape index (κ2) is 5.77. The van der Waals surface area contributed by atoms with Crippen molar-refractivity contribution in [3.8, 4) is 12.1 Å². The molecule has 1 aromatic rings. The lowest BCUT2D eigenvalue weighted by molar-refractivity contribution is -0.238. The monoisotopic (exact) mass is 365 g/mol. The smallest absolute Gasteiger partial charge is 0.292 e. The Balaban J connectivity index is 1.65. The van der Waals surface area contributed by atoms with Gasteiger partial charge in [0.25, 0.3) is 5.91 Å². The number of aliphatic imine (C=N–C) groups is 1. The highest BCUT2D eigenvalue weighted by Crippen LogP contribution is 2.88. The summed E-state index contributed by atoms with van der Waals surface area (Å²) >= 11 is 0. The highest BCUT2D eigenvalue weighted by molar-refractivity contribution is 6.00. The summed E-state index contributed by atoms with van der Waals surface area (Å²) in [5.74, 6) is -1.37. The quantitative estimate of drug-likeness (QED) is 0.813. The summed E-state index contributed by atoms with van der Waals surface area (Å²) in [5, 5.41) is 20.3. The molecule has 2 heterocycles. The Morgan fingerprint density at radius 3 is 2.26 bits per heavy atom. The van der Waals surface area contributed by atoms with Gasteiger partial charge in [-0.25, -0.2) is 4.99 Å². The zero-order valence-corrected chi connectivity index (χ0v) is 15.6. The molecule has 7 heteroatoms. The van der Waals surface area contributed by atoms with Gasteiger partial charge in [0, 0.05) is 26.2 Å². The van der Waals surface area contributed by atoms with Gasteiger partial charge in [-0.1, -0.05) is 30.3 Å². The number of nitrogens with two attached hydrogens (primary N) is 1. The lowest BCUT2D eigenvalue weighted by atomic mass is 9.80. The van der Waals surface area contributed by atoms with Crippen LogP contribution in [0.15, 0.2) is 35.3 Å². The summed E-state index contributed by atoms with van der Waals surface area (Å²) in [6.45, 7) is 2.40. The van der Waals surface area contributed by atoms with Crippen molar-refractivity contribution in [1.29, 1.82) is 10.5 Å². The van der Waals surface area contributed by atoms with Gasteiger partial charge in [0.05, 0.1) is 12.1 Å². The van der Waals surface area contributed by atoms with Crippen molar-refractivity contribution in [1.82, 2.24) is 4.90 Å². The van der Waals surface area contributed by atoms with E-state index < -0.39 is 22.2 Å². The molecule has 2 N–H and O–H groups in total. The largest absolute Gasteiger partial charge is 0.386 e. The fourth-order valence-electron chi connectivity index (χ4n) is 5.67. The van der Waals surface area contributed by atoms with Crippen molar-refractivity contribution >= 4 is 5.84 Å². The van der Waals surface area contributed by atoms with Gasteiger partial charge < -0.3 is 15.2 Å². The zero-order valence-electron chi connectivity index (χ0n) is 15.6. The van der Waals surface area contributed by atoms with Crippen molar-refractivity contribution in [3.63, 3.8) is 0 Å². The predicted molar refractivity (Wildman–Crippen MR) is 97.8 cm³/mol. The number of nitrogens with zero attached hydrogens (tertiary/aromatic N) is 4. The number of nitriles is 2. The number of hydrogen-bond donors (Lipinski definition) is 1. The summed E-state index contributed by atoms with van der Waals surface area (Å²) < 4.78 is 11.1. The van der Waals surface area contributed by atoms with E-state index in [0.717, 1.165) is 19.6 Å². The molecular formula is C20H23N5O2. The molecule has 2 aliphatic heterocycles. The van der Waals surface area contributed by atoms with Crippen molar-refractivity contribution < 1.29 is 9.47 Å². The third-order valence-electron chi connectivity index (χ3n) is 6.91. The van der Waals surface area contributed by atoms with Crippen LogP contribution in [0.5, 0.6) is 0 Å². The molecule has 1 aliphatic carbocycles. The number of ether oxygens (including phenoxy) is 2. The summed E-state index contributed by atoms with van der Waals surface area (Å²) in [4.78, 5) is 6.65. The number of piperidine rings is 1. The Hall–Kier alpha value is -2.45. The van der Waals surface area contributed by atoms with Crippen LogP contribution in [-0.4, -0.2) is 44.0 Å². The molecule has 2 atom stereocenters. The van der Waals surface area contributed by atoms with E-state index in [-0.39, 0.29) is 5.84 Å². The van der Waals surface area contributed by atoms with Crippen molar-refractivity contribution in [2.24, 2.45) is 27.0 Å². The first-order valence-corrected chi connectivity index (χ1v) is 9.08. The van der Waals surface area contributed by atoms with Crippen LogP contribution in [0, 0.1) is 38.9 Å². The SMILES string of the molecule is COC1(OC)N=C(N)C2(C#N)C3(CCN(Cc4ccccc4)CC3)C12C#N.